The molecule has 1 heterocycles. The molecule has 0 bridgehead atoms. The molecule has 6 nitrogen and oxygen atoms in total. The number of ether oxygens (including phenoxy) is 2. The van der Waals surface area contributed by atoms with Gasteiger partial charge >= 0.3 is 6.03 Å². The van der Waals surface area contributed by atoms with E-state index in [1.54, 1.807) is 20.3 Å². The van der Waals surface area contributed by atoms with E-state index in [1.165, 1.54) is 6.07 Å². The number of fused-ring (bicyclic) bond motifs is 1. The van der Waals surface area contributed by atoms with E-state index in [1.807, 2.05) is 31.2 Å². The number of urea groups is 1. The van der Waals surface area contributed by atoms with Crippen molar-refractivity contribution in [3.63, 3.8) is 0 Å². The van der Waals surface area contributed by atoms with Crippen LogP contribution >= 0.6 is 0 Å². The van der Waals surface area contributed by atoms with Gasteiger partial charge in [-0.2, -0.15) is 0 Å². The molecule has 0 radical (unpaired) electrons. The largest absolute Gasteiger partial charge is 0.493 e. The number of carbonyl (C=O) groups is 1. The molecule has 32 heavy (non-hydrogen) atoms. The maximum atomic E-state index is 14.5. The third-order valence-electron chi connectivity index (χ3n) is 6.03. The highest BCUT2D eigenvalue weighted by Crippen LogP contribution is 2.40. The molecular weight excluding hydrogens is 409 g/mol. The summed E-state index contributed by atoms with van der Waals surface area (Å²) in [7, 11) is 3.25. The van der Waals surface area contributed by atoms with Gasteiger partial charge in [-0.25, -0.2) is 9.18 Å². The molecule has 3 rings (SSSR count). The van der Waals surface area contributed by atoms with Gasteiger partial charge in [0.05, 0.1) is 26.3 Å². The molecule has 0 fully saturated rings. The number of nitrogens with one attached hydrogen (secondary N) is 2. The van der Waals surface area contributed by atoms with Crippen molar-refractivity contribution in [1.29, 1.82) is 0 Å². The van der Waals surface area contributed by atoms with Crippen molar-refractivity contribution < 1.29 is 18.7 Å². The number of carbonyl (C=O) groups excluding carboxylic acids is 1. The van der Waals surface area contributed by atoms with Crippen molar-refractivity contribution in [1.82, 2.24) is 15.5 Å². The quantitative estimate of drug-likeness (QED) is 0.602. The number of hydrogen-bond donors (Lipinski definition) is 2. The van der Waals surface area contributed by atoms with Crippen molar-refractivity contribution in [3.05, 3.63) is 58.9 Å². The number of benzene rings is 2. The van der Waals surface area contributed by atoms with Gasteiger partial charge < -0.3 is 20.1 Å². The van der Waals surface area contributed by atoms with Gasteiger partial charge in [0.25, 0.3) is 0 Å². The summed E-state index contributed by atoms with van der Waals surface area (Å²) in [6.07, 6.45) is 2.40. The molecule has 7 heteroatoms. The average molecular weight is 444 g/mol. The van der Waals surface area contributed by atoms with Gasteiger partial charge in [0, 0.05) is 25.2 Å². The minimum atomic E-state index is -0.217. The first-order chi connectivity index (χ1) is 15.5. The highest BCUT2D eigenvalue weighted by atomic mass is 19.1. The Morgan fingerprint density at radius 1 is 1.19 bits per heavy atom. The second-order valence-corrected chi connectivity index (χ2v) is 8.08. The molecule has 174 valence electrons. The van der Waals surface area contributed by atoms with E-state index < -0.39 is 0 Å². The molecule has 0 aromatic heterocycles. The van der Waals surface area contributed by atoms with E-state index in [4.69, 9.17) is 9.47 Å². The summed E-state index contributed by atoms with van der Waals surface area (Å²) in [5, 5.41) is 6.05. The van der Waals surface area contributed by atoms with E-state index in [2.05, 4.69) is 22.5 Å². The summed E-state index contributed by atoms with van der Waals surface area (Å²) in [5.74, 6) is 1.12. The number of nitrogens with zero attached hydrogens (tertiary/aromatic N) is 1. The Labute approximate surface area is 190 Å². The fourth-order valence-corrected chi connectivity index (χ4v) is 4.38. The van der Waals surface area contributed by atoms with E-state index in [9.17, 15) is 9.18 Å². The van der Waals surface area contributed by atoms with E-state index in [-0.39, 0.29) is 23.9 Å². The SMILES string of the molecule is CCCNC(=O)N[C@@H](CC)[C@H]1c2cc(OC)c(OC)cc2CCN1Cc1ccccc1F. The molecule has 2 aromatic rings. The summed E-state index contributed by atoms with van der Waals surface area (Å²) in [5.41, 5.74) is 2.88. The average Bonchev–Trinajstić information content (AvgIpc) is 2.81. The number of amides is 2. The molecule has 0 saturated heterocycles. The maximum Gasteiger partial charge on any atom is 0.315 e. The molecule has 0 unspecified atom stereocenters. The lowest BCUT2D eigenvalue weighted by molar-refractivity contribution is 0.134. The topological polar surface area (TPSA) is 62.8 Å². The van der Waals surface area contributed by atoms with Gasteiger partial charge in [-0.1, -0.05) is 32.0 Å². The van der Waals surface area contributed by atoms with Crippen LogP contribution in [0, 0.1) is 5.82 Å². The van der Waals surface area contributed by atoms with Gasteiger partial charge in [-0.15, -0.1) is 0 Å². The molecule has 1 aliphatic heterocycles. The zero-order chi connectivity index (χ0) is 23.1. The van der Waals surface area contributed by atoms with Crippen LogP contribution < -0.4 is 20.1 Å². The Morgan fingerprint density at radius 2 is 1.91 bits per heavy atom. The lowest BCUT2D eigenvalue weighted by Gasteiger charge is -2.42. The minimum Gasteiger partial charge on any atom is -0.493 e. The second kappa shape index (κ2) is 11.2. The maximum absolute atomic E-state index is 14.5. The van der Waals surface area contributed by atoms with E-state index in [0.29, 0.717) is 30.2 Å². The normalized spacial score (nSPS) is 16.7. The molecule has 0 aliphatic carbocycles. The monoisotopic (exact) mass is 443 g/mol. The smallest absolute Gasteiger partial charge is 0.315 e. The van der Waals surface area contributed by atoms with Crippen LogP contribution in [-0.4, -0.2) is 44.3 Å². The molecule has 1 aliphatic rings. The summed E-state index contributed by atoms with van der Waals surface area (Å²) in [6.45, 7) is 5.90. The standard InChI is InChI=1S/C25H34FN3O3/c1-5-12-27-25(30)28-21(6-2)24-19-15-23(32-4)22(31-3)14-17(19)11-13-29(24)16-18-9-7-8-10-20(18)26/h7-10,14-15,21,24H,5-6,11-13,16H2,1-4H3,(H2,27,28,30)/t21-,24+/m0/s1. The Morgan fingerprint density at radius 3 is 2.56 bits per heavy atom. The highest BCUT2D eigenvalue weighted by molar-refractivity contribution is 5.74. The van der Waals surface area contributed by atoms with Crippen LogP contribution in [0.2, 0.25) is 0 Å². The second-order valence-electron chi connectivity index (χ2n) is 8.08. The van der Waals surface area contributed by atoms with Crippen molar-refractivity contribution >= 4 is 6.03 Å². The van der Waals surface area contributed by atoms with Crippen LogP contribution in [-0.2, 0) is 13.0 Å². The molecule has 0 saturated carbocycles. The summed E-state index contributed by atoms with van der Waals surface area (Å²) < 4.78 is 25.5. The van der Waals surface area contributed by atoms with Crippen LogP contribution in [0.5, 0.6) is 11.5 Å². The minimum absolute atomic E-state index is 0.129. The molecule has 2 amide bonds. The Kier molecular flexibility index (Phi) is 8.33. The van der Waals surface area contributed by atoms with Gasteiger partial charge in [0.1, 0.15) is 5.82 Å². The first kappa shape index (κ1) is 23.9. The lowest BCUT2D eigenvalue weighted by Crippen LogP contribution is -2.51. The van der Waals surface area contributed by atoms with Gasteiger partial charge in [0.15, 0.2) is 11.5 Å². The molecule has 2 aromatic carbocycles. The summed E-state index contributed by atoms with van der Waals surface area (Å²) in [6, 6.07) is 10.4. The lowest BCUT2D eigenvalue weighted by atomic mass is 9.86. The number of hydrogen-bond acceptors (Lipinski definition) is 4. The van der Waals surface area contributed by atoms with Crippen molar-refractivity contribution in [3.8, 4) is 11.5 Å². The van der Waals surface area contributed by atoms with Crippen molar-refractivity contribution in [2.75, 3.05) is 27.3 Å². The number of methoxy groups -OCH3 is 2. The first-order valence-electron chi connectivity index (χ1n) is 11.3. The number of rotatable bonds is 9. The molecule has 2 atom stereocenters. The van der Waals surface area contributed by atoms with E-state index in [0.717, 1.165) is 36.9 Å². The fraction of sp³-hybridized carbons (Fsp3) is 0.480. The van der Waals surface area contributed by atoms with Gasteiger partial charge in [-0.3, -0.25) is 4.90 Å². The molecule has 2 N–H and O–H groups in total. The van der Waals surface area contributed by atoms with E-state index >= 15 is 0 Å². The third-order valence-corrected chi connectivity index (χ3v) is 6.03. The zero-order valence-corrected chi connectivity index (χ0v) is 19.4. The molecule has 0 spiro atoms. The van der Waals surface area contributed by atoms with Gasteiger partial charge in [0.2, 0.25) is 0 Å². The van der Waals surface area contributed by atoms with Gasteiger partial charge in [-0.05, 0) is 48.6 Å². The van der Waals surface area contributed by atoms with Crippen LogP contribution in [0.15, 0.2) is 36.4 Å². The van der Waals surface area contributed by atoms with Crippen LogP contribution in [0.3, 0.4) is 0 Å². The Bertz CT molecular complexity index is 921. The fourth-order valence-electron chi connectivity index (χ4n) is 4.38. The highest BCUT2D eigenvalue weighted by Gasteiger charge is 2.35. The summed E-state index contributed by atoms with van der Waals surface area (Å²) in [4.78, 5) is 14.8. The van der Waals surface area contributed by atoms with Crippen LogP contribution in [0.4, 0.5) is 9.18 Å². The third kappa shape index (κ3) is 5.33. The zero-order valence-electron chi connectivity index (χ0n) is 19.4. The predicted molar refractivity (Wildman–Crippen MR) is 124 cm³/mol. The Balaban J connectivity index is 2.00. The molecular formula is C25H34FN3O3. The Hall–Kier alpha value is -2.80. The van der Waals surface area contributed by atoms with Crippen LogP contribution in [0.1, 0.15) is 49.4 Å². The summed E-state index contributed by atoms with van der Waals surface area (Å²) >= 11 is 0. The van der Waals surface area contributed by atoms with Crippen molar-refractivity contribution in [2.24, 2.45) is 0 Å². The number of halogens is 1. The van der Waals surface area contributed by atoms with Crippen LogP contribution in [0.25, 0.3) is 0 Å². The predicted octanol–water partition coefficient (Wildman–Crippen LogP) is 4.43. The first-order valence-corrected chi connectivity index (χ1v) is 11.3. The van der Waals surface area contributed by atoms with Crippen molar-refractivity contribution in [2.45, 2.75) is 51.7 Å².